The second kappa shape index (κ2) is 3.79. The van der Waals surface area contributed by atoms with E-state index in [0.29, 0.717) is 0 Å². The minimum absolute atomic E-state index is 0.0185. The van der Waals surface area contributed by atoms with Crippen molar-refractivity contribution < 1.29 is 21.0 Å². The first-order valence-corrected chi connectivity index (χ1v) is 10.3. The molecule has 0 rings (SSSR count). The quantitative estimate of drug-likeness (QED) is 0.479. The normalized spacial score (nSPS) is 7.75. The number of carbonyl (C=O) groups is 1. The molecular weight excluding hydrogens is 155 g/mol. The standard InChI is InChI=1S/C3H5NO.2CH3.Zn/c1-2-3(4)5;;;/h2H,1H2,(H2,4,5);2*1H3;/q;;;+1/p-1. The molecule has 0 spiro atoms. The van der Waals surface area contributed by atoms with E-state index in [1.165, 1.54) is 6.08 Å². The molecule has 0 unspecified atom stereocenters. The van der Waals surface area contributed by atoms with Crippen LogP contribution in [0.1, 0.15) is 0 Å². The van der Waals surface area contributed by atoms with E-state index >= 15 is 0 Å². The van der Waals surface area contributed by atoms with Gasteiger partial charge in [0.15, 0.2) is 0 Å². The van der Waals surface area contributed by atoms with Crippen molar-refractivity contribution in [2.75, 3.05) is 0 Å². The molecule has 1 N–H and O–H groups in total. The Morgan fingerprint density at radius 2 is 2.25 bits per heavy atom. The summed E-state index contributed by atoms with van der Waals surface area (Å²) in [4.78, 5) is 10.4. The fraction of sp³-hybridized carbons (Fsp3) is 0.400. The molecule has 0 aromatic heterocycles. The molecule has 2 nitrogen and oxygen atoms in total. The fourth-order valence-electron chi connectivity index (χ4n) is 0.421. The first kappa shape index (κ1) is 7.83. The van der Waals surface area contributed by atoms with Gasteiger partial charge in [-0.3, -0.25) is 0 Å². The van der Waals surface area contributed by atoms with Crippen LogP contribution in [-0.4, -0.2) is 5.91 Å². The molecule has 0 saturated carbocycles. The molecule has 8 heavy (non-hydrogen) atoms. The van der Waals surface area contributed by atoms with Crippen molar-refractivity contribution in [1.82, 2.24) is 4.06 Å². The number of nitrogens with one attached hydrogen (secondary N) is 1. The van der Waals surface area contributed by atoms with Gasteiger partial charge in [-0.2, -0.15) is 0 Å². The number of rotatable bonds is 2. The van der Waals surface area contributed by atoms with Crippen LogP contribution < -0.4 is 4.06 Å². The Bertz CT molecular complexity index is 101. The summed E-state index contributed by atoms with van der Waals surface area (Å²) in [6, 6.07) is 0. The van der Waals surface area contributed by atoms with Gasteiger partial charge in [0.25, 0.3) is 0 Å². The molecule has 1 amide bonds. The van der Waals surface area contributed by atoms with Gasteiger partial charge in [-0.1, -0.05) is 0 Å². The van der Waals surface area contributed by atoms with Crippen LogP contribution in [0.4, 0.5) is 0 Å². The summed E-state index contributed by atoms with van der Waals surface area (Å²) in [5, 5.41) is 0. The van der Waals surface area contributed by atoms with Crippen molar-refractivity contribution in [2.45, 2.75) is 11.0 Å². The third-order valence-electron chi connectivity index (χ3n) is 0.713. The van der Waals surface area contributed by atoms with Crippen molar-refractivity contribution in [3.8, 4) is 0 Å². The van der Waals surface area contributed by atoms with E-state index in [-0.39, 0.29) is 5.91 Å². The second-order valence-electron chi connectivity index (χ2n) is 2.16. The molecule has 0 aliphatic heterocycles. The van der Waals surface area contributed by atoms with Crippen molar-refractivity contribution >= 4 is 5.91 Å². The zero-order chi connectivity index (χ0) is 6.57. The second-order valence-corrected chi connectivity index (χ2v) is 8.84. The van der Waals surface area contributed by atoms with Gasteiger partial charge in [-0.15, -0.1) is 0 Å². The Kier molecular flexibility index (Phi) is 3.71. The molecule has 0 bridgehead atoms. The zero-order valence-electron chi connectivity index (χ0n) is 5.40. The third-order valence-corrected chi connectivity index (χ3v) is 2.93. The molecule has 0 atom stereocenters. The Hall–Kier alpha value is -0.167. The molecule has 0 aromatic carbocycles. The topological polar surface area (TPSA) is 29.1 Å². The van der Waals surface area contributed by atoms with Crippen LogP contribution in [0.25, 0.3) is 0 Å². The Morgan fingerprint density at radius 1 is 1.75 bits per heavy atom. The summed E-state index contributed by atoms with van der Waals surface area (Å²) in [5.41, 5.74) is 4.22. The van der Waals surface area contributed by atoms with Gasteiger partial charge in [-0.25, -0.2) is 0 Å². The van der Waals surface area contributed by atoms with E-state index in [1.807, 2.05) is 0 Å². The number of amides is 1. The third kappa shape index (κ3) is 4.00. The number of hydrogen-bond acceptors (Lipinski definition) is 1. The summed E-state index contributed by atoms with van der Waals surface area (Å²) in [7, 11) is 0. The minimum atomic E-state index is -1.48. The predicted octanol–water partition coefficient (Wildman–Crippen LogP) is 0.918. The summed E-state index contributed by atoms with van der Waals surface area (Å²) >= 11 is -1.48. The predicted molar refractivity (Wildman–Crippen MR) is 30.1 cm³/mol. The van der Waals surface area contributed by atoms with E-state index in [4.69, 9.17) is 0 Å². The Balaban J connectivity index is 3.39. The van der Waals surface area contributed by atoms with Crippen LogP contribution in [0.3, 0.4) is 0 Å². The van der Waals surface area contributed by atoms with E-state index in [0.717, 1.165) is 0 Å². The van der Waals surface area contributed by atoms with Crippen LogP contribution >= 0.6 is 0 Å². The molecule has 0 radical (unpaired) electrons. The van der Waals surface area contributed by atoms with Crippen molar-refractivity contribution in [2.24, 2.45) is 0 Å². The van der Waals surface area contributed by atoms with Crippen molar-refractivity contribution in [3.63, 3.8) is 0 Å². The average Bonchev–Trinajstić information content (AvgIpc) is 1.65. The van der Waals surface area contributed by atoms with Gasteiger partial charge in [0.1, 0.15) is 0 Å². The van der Waals surface area contributed by atoms with Gasteiger partial charge >= 0.3 is 54.6 Å². The first-order chi connectivity index (χ1) is 3.66. The SMILES string of the molecule is C=CC(=O)[NH][Zn]([CH3])[CH3]. The van der Waals surface area contributed by atoms with Gasteiger partial charge in [0.05, 0.1) is 0 Å². The van der Waals surface area contributed by atoms with Gasteiger partial charge in [0, 0.05) is 0 Å². The first-order valence-electron chi connectivity index (χ1n) is 2.92. The van der Waals surface area contributed by atoms with Crippen molar-refractivity contribution in [1.29, 1.82) is 0 Å². The average molecular weight is 166 g/mol. The molecule has 0 heterocycles. The van der Waals surface area contributed by atoms with Gasteiger partial charge in [-0.05, 0) is 0 Å². The maximum atomic E-state index is 10.4. The molecule has 0 fully saturated rings. The van der Waals surface area contributed by atoms with E-state index in [9.17, 15) is 4.79 Å². The van der Waals surface area contributed by atoms with Gasteiger partial charge < -0.3 is 0 Å². The van der Waals surface area contributed by atoms with Crippen LogP contribution in [0.2, 0.25) is 11.0 Å². The van der Waals surface area contributed by atoms with Gasteiger partial charge in [0.2, 0.25) is 0 Å². The molecule has 43 valence electrons. The number of carbonyl (C=O) groups excluding carboxylic acids is 1. The maximum absolute atomic E-state index is 10.4. The summed E-state index contributed by atoms with van der Waals surface area (Å²) < 4.78 is 2.84. The molecule has 0 saturated heterocycles. The monoisotopic (exact) mass is 164 g/mol. The van der Waals surface area contributed by atoms with E-state index < -0.39 is 16.2 Å². The van der Waals surface area contributed by atoms with Crippen LogP contribution in [0, 0.1) is 0 Å². The molecule has 3 heteroatoms. The molecule has 0 aliphatic rings. The number of hydrogen-bond donors (Lipinski definition) is 1. The summed E-state index contributed by atoms with van der Waals surface area (Å²) in [6.45, 7) is 3.33. The molecule has 0 aliphatic carbocycles. The zero-order valence-corrected chi connectivity index (χ0v) is 8.37. The van der Waals surface area contributed by atoms with Crippen LogP contribution in [0.15, 0.2) is 12.7 Å². The van der Waals surface area contributed by atoms with Crippen LogP contribution in [0.5, 0.6) is 0 Å². The Labute approximate surface area is 55.1 Å². The van der Waals surface area contributed by atoms with E-state index in [1.54, 1.807) is 0 Å². The van der Waals surface area contributed by atoms with E-state index in [2.05, 4.69) is 21.7 Å². The van der Waals surface area contributed by atoms with Crippen molar-refractivity contribution in [3.05, 3.63) is 12.7 Å². The van der Waals surface area contributed by atoms with Crippen LogP contribution in [-0.2, 0) is 21.0 Å². The fourth-order valence-corrected chi connectivity index (χ4v) is 2.19. The summed E-state index contributed by atoms with van der Waals surface area (Å²) in [6.07, 6.45) is 1.32. The molecule has 0 aromatic rings. The molecular formula is C5H10NOZn. The summed E-state index contributed by atoms with van der Waals surface area (Å²) in [5.74, 6) is -0.0185. The Morgan fingerprint density at radius 3 is 2.38 bits per heavy atom.